The van der Waals surface area contributed by atoms with E-state index >= 15 is 0 Å². The van der Waals surface area contributed by atoms with Gasteiger partial charge >= 0.3 is 0 Å². The zero-order chi connectivity index (χ0) is 13.8. The van der Waals surface area contributed by atoms with Gasteiger partial charge in [-0.2, -0.15) is 0 Å². The molecule has 2 aromatic rings. The van der Waals surface area contributed by atoms with Gasteiger partial charge in [0.1, 0.15) is 11.5 Å². The van der Waals surface area contributed by atoms with Gasteiger partial charge in [0.2, 0.25) is 0 Å². The van der Waals surface area contributed by atoms with Crippen molar-refractivity contribution in [3.8, 4) is 0 Å². The van der Waals surface area contributed by atoms with Gasteiger partial charge in [0, 0.05) is 25.1 Å². The average molecular weight is 281 g/mol. The largest absolute Gasteiger partial charge is 0.347 e. The van der Waals surface area contributed by atoms with Crippen LogP contribution in [0.15, 0.2) is 24.7 Å². The molecule has 0 aliphatic heterocycles. The number of halogens is 1. The predicted octanol–water partition coefficient (Wildman–Crippen LogP) is 2.77. The topological polar surface area (TPSA) is 62.7 Å². The number of carbonyl (C=O) groups is 1. The summed E-state index contributed by atoms with van der Waals surface area (Å²) in [5, 5.41) is 3.47. The van der Waals surface area contributed by atoms with Crippen molar-refractivity contribution >= 4 is 17.5 Å². The number of aromatic amines is 1. The lowest BCUT2D eigenvalue weighted by Gasteiger charge is -2.13. The summed E-state index contributed by atoms with van der Waals surface area (Å²) < 4.78 is 1.87. The number of aromatic nitrogens is 3. The van der Waals surface area contributed by atoms with E-state index in [0.29, 0.717) is 10.7 Å². The van der Waals surface area contributed by atoms with Gasteiger partial charge in [-0.05, 0) is 19.4 Å². The third-order valence-electron chi connectivity index (χ3n) is 2.84. The smallest absolute Gasteiger partial charge is 0.268 e. The highest BCUT2D eigenvalue weighted by Gasteiger charge is 2.16. The standard InChI is InChI=1S/C13H17ClN4O/c1-3-6-18-8-10(14)7-11(18)13(19)17-9(2)12-15-4-5-16-12/h4-5,7-9H,3,6H2,1-2H3,(H,15,16)(H,17,19). The van der Waals surface area contributed by atoms with Gasteiger partial charge in [0.25, 0.3) is 5.91 Å². The van der Waals surface area contributed by atoms with E-state index in [1.165, 1.54) is 0 Å². The number of nitrogens with zero attached hydrogens (tertiary/aromatic N) is 2. The van der Waals surface area contributed by atoms with Crippen LogP contribution in [0.3, 0.4) is 0 Å². The minimum absolute atomic E-state index is 0.149. The van der Waals surface area contributed by atoms with Gasteiger partial charge in [0.15, 0.2) is 0 Å². The van der Waals surface area contributed by atoms with Crippen molar-refractivity contribution in [2.45, 2.75) is 32.9 Å². The third kappa shape index (κ3) is 3.17. The molecule has 0 radical (unpaired) electrons. The summed E-state index contributed by atoms with van der Waals surface area (Å²) in [7, 11) is 0. The van der Waals surface area contributed by atoms with Crippen molar-refractivity contribution < 1.29 is 4.79 Å². The Bertz CT molecular complexity index is 547. The van der Waals surface area contributed by atoms with Gasteiger partial charge in [-0.15, -0.1) is 0 Å². The van der Waals surface area contributed by atoms with Crippen molar-refractivity contribution in [2.75, 3.05) is 0 Å². The summed E-state index contributed by atoms with van der Waals surface area (Å²) in [6.07, 6.45) is 6.11. The molecule has 2 rings (SSSR count). The van der Waals surface area contributed by atoms with Crippen molar-refractivity contribution in [2.24, 2.45) is 0 Å². The fraction of sp³-hybridized carbons (Fsp3) is 0.385. The van der Waals surface area contributed by atoms with Crippen LogP contribution >= 0.6 is 11.6 Å². The van der Waals surface area contributed by atoms with Gasteiger partial charge < -0.3 is 14.9 Å². The van der Waals surface area contributed by atoms with Crippen LogP contribution in [-0.4, -0.2) is 20.4 Å². The number of rotatable bonds is 5. The zero-order valence-corrected chi connectivity index (χ0v) is 11.7. The second-order valence-electron chi connectivity index (χ2n) is 4.41. The molecule has 1 atom stereocenters. The number of H-pyrrole nitrogens is 1. The zero-order valence-electron chi connectivity index (χ0n) is 11.0. The lowest BCUT2D eigenvalue weighted by atomic mass is 10.3. The van der Waals surface area contributed by atoms with Crippen LogP contribution in [-0.2, 0) is 6.54 Å². The van der Waals surface area contributed by atoms with E-state index in [1.54, 1.807) is 24.7 Å². The van der Waals surface area contributed by atoms with Gasteiger partial charge in [-0.1, -0.05) is 18.5 Å². The van der Waals surface area contributed by atoms with Crippen LogP contribution in [0.5, 0.6) is 0 Å². The van der Waals surface area contributed by atoms with E-state index in [2.05, 4.69) is 22.2 Å². The monoisotopic (exact) mass is 280 g/mol. The van der Waals surface area contributed by atoms with Crippen molar-refractivity contribution in [1.29, 1.82) is 0 Å². The van der Waals surface area contributed by atoms with E-state index in [9.17, 15) is 4.79 Å². The predicted molar refractivity (Wildman–Crippen MR) is 74.2 cm³/mol. The molecule has 0 saturated heterocycles. The molecule has 5 nitrogen and oxygen atoms in total. The van der Waals surface area contributed by atoms with Gasteiger partial charge in [0.05, 0.1) is 11.1 Å². The minimum Gasteiger partial charge on any atom is -0.347 e. The summed E-state index contributed by atoms with van der Waals surface area (Å²) >= 11 is 5.96. The Kier molecular flexibility index (Phi) is 4.27. The number of hydrogen-bond donors (Lipinski definition) is 2. The molecule has 2 N–H and O–H groups in total. The Morgan fingerprint density at radius 2 is 2.42 bits per heavy atom. The molecule has 6 heteroatoms. The van der Waals surface area contributed by atoms with Crippen molar-refractivity contribution in [1.82, 2.24) is 19.9 Å². The molecule has 19 heavy (non-hydrogen) atoms. The highest BCUT2D eigenvalue weighted by molar-refractivity contribution is 6.31. The molecule has 0 aliphatic rings. The van der Waals surface area contributed by atoms with E-state index in [-0.39, 0.29) is 11.9 Å². The highest BCUT2D eigenvalue weighted by atomic mass is 35.5. The molecule has 0 fully saturated rings. The molecule has 2 aromatic heterocycles. The Morgan fingerprint density at radius 1 is 1.63 bits per heavy atom. The van der Waals surface area contributed by atoms with Crippen LogP contribution < -0.4 is 5.32 Å². The number of hydrogen-bond acceptors (Lipinski definition) is 2. The van der Waals surface area contributed by atoms with Crippen LogP contribution in [0.1, 0.15) is 42.6 Å². The highest BCUT2D eigenvalue weighted by Crippen LogP contribution is 2.16. The summed E-state index contributed by atoms with van der Waals surface area (Å²) in [6.45, 7) is 4.71. The lowest BCUT2D eigenvalue weighted by Crippen LogP contribution is -2.29. The first-order valence-electron chi connectivity index (χ1n) is 6.27. The maximum atomic E-state index is 12.2. The maximum absolute atomic E-state index is 12.2. The normalized spacial score (nSPS) is 12.4. The average Bonchev–Trinajstić information content (AvgIpc) is 2.99. The lowest BCUT2D eigenvalue weighted by molar-refractivity contribution is 0.0929. The summed E-state index contributed by atoms with van der Waals surface area (Å²) in [5.41, 5.74) is 0.574. The summed E-state index contributed by atoms with van der Waals surface area (Å²) in [5.74, 6) is 0.581. The first kappa shape index (κ1) is 13.7. The molecule has 102 valence electrons. The molecule has 0 bridgehead atoms. The van der Waals surface area contributed by atoms with Crippen LogP contribution in [0.2, 0.25) is 5.02 Å². The third-order valence-corrected chi connectivity index (χ3v) is 3.04. The SMILES string of the molecule is CCCn1cc(Cl)cc1C(=O)NC(C)c1ncc[nH]1. The fourth-order valence-electron chi connectivity index (χ4n) is 1.94. The van der Waals surface area contributed by atoms with E-state index in [1.807, 2.05) is 11.5 Å². The molecule has 1 amide bonds. The van der Waals surface area contributed by atoms with E-state index in [0.717, 1.165) is 18.8 Å². The Balaban J connectivity index is 2.11. The maximum Gasteiger partial charge on any atom is 0.268 e. The molecule has 0 spiro atoms. The van der Waals surface area contributed by atoms with Crippen LogP contribution in [0.4, 0.5) is 0 Å². The molecule has 0 aliphatic carbocycles. The van der Waals surface area contributed by atoms with E-state index < -0.39 is 0 Å². The number of imidazole rings is 1. The van der Waals surface area contributed by atoms with Crippen LogP contribution in [0, 0.1) is 0 Å². The Morgan fingerprint density at radius 3 is 3.05 bits per heavy atom. The van der Waals surface area contributed by atoms with Gasteiger partial charge in [-0.3, -0.25) is 4.79 Å². The number of carbonyl (C=O) groups excluding carboxylic acids is 1. The van der Waals surface area contributed by atoms with Crippen LogP contribution in [0.25, 0.3) is 0 Å². The number of amides is 1. The number of nitrogens with one attached hydrogen (secondary N) is 2. The molecular weight excluding hydrogens is 264 g/mol. The summed E-state index contributed by atoms with van der Waals surface area (Å²) in [4.78, 5) is 19.3. The summed E-state index contributed by atoms with van der Waals surface area (Å²) in [6, 6.07) is 1.51. The van der Waals surface area contributed by atoms with Crippen molar-refractivity contribution in [3.63, 3.8) is 0 Å². The van der Waals surface area contributed by atoms with Gasteiger partial charge in [-0.25, -0.2) is 4.98 Å². The molecular formula is C13H17ClN4O. The first-order valence-corrected chi connectivity index (χ1v) is 6.65. The minimum atomic E-state index is -0.175. The Labute approximate surface area is 117 Å². The molecule has 0 aromatic carbocycles. The first-order chi connectivity index (χ1) is 9.11. The van der Waals surface area contributed by atoms with Crippen molar-refractivity contribution in [3.05, 3.63) is 41.2 Å². The Hall–Kier alpha value is -1.75. The quantitative estimate of drug-likeness (QED) is 0.885. The number of aryl methyl sites for hydroxylation is 1. The molecule has 0 saturated carbocycles. The van der Waals surface area contributed by atoms with E-state index in [4.69, 9.17) is 11.6 Å². The molecule has 1 unspecified atom stereocenters. The fourth-order valence-corrected chi connectivity index (χ4v) is 2.17. The second-order valence-corrected chi connectivity index (χ2v) is 4.84. The molecule has 2 heterocycles. The second kappa shape index (κ2) is 5.93.